The lowest BCUT2D eigenvalue weighted by Crippen LogP contribution is -1.98. The second-order valence-electron chi connectivity index (χ2n) is 3.30. The first-order chi connectivity index (χ1) is 8.15. The molecule has 2 rings (SSSR count). The average molecular weight is 253 g/mol. The Kier molecular flexibility index (Phi) is 3.29. The van der Waals surface area contributed by atoms with Crippen molar-refractivity contribution in [1.82, 2.24) is 4.98 Å². The number of aromatic nitrogens is 1. The third-order valence-corrected chi connectivity index (χ3v) is 2.95. The number of hydrogen-bond acceptors (Lipinski definition) is 5. The number of pyridine rings is 1. The van der Waals surface area contributed by atoms with Gasteiger partial charge in [0.25, 0.3) is 0 Å². The van der Waals surface area contributed by atoms with Gasteiger partial charge in [0.2, 0.25) is 0 Å². The predicted molar refractivity (Wildman–Crippen MR) is 62.5 cm³/mol. The minimum Gasteiger partial charge on any atom is -0.380 e. The summed E-state index contributed by atoms with van der Waals surface area (Å²) in [5.74, 6) is -0.425. The lowest BCUT2D eigenvalue weighted by atomic mass is 10.3. The molecule has 17 heavy (non-hydrogen) atoms. The Bertz CT molecular complexity index is 544. The van der Waals surface area contributed by atoms with E-state index in [0.717, 1.165) is 23.1 Å². The molecule has 0 unspecified atom stereocenters. The summed E-state index contributed by atoms with van der Waals surface area (Å²) in [6.07, 6.45) is 2.60. The topological polar surface area (TPSA) is 68.1 Å². The van der Waals surface area contributed by atoms with E-state index in [1.165, 1.54) is 18.3 Å². The molecule has 1 N–H and O–H groups in total. The molecule has 0 aromatic carbocycles. The molecule has 7 heteroatoms. The maximum Gasteiger partial charge on any atom is 0.324 e. The van der Waals surface area contributed by atoms with Crippen molar-refractivity contribution in [1.29, 1.82) is 0 Å². The highest BCUT2D eigenvalue weighted by molar-refractivity contribution is 7.13. The molecule has 88 valence electrons. The molecule has 0 aliphatic heterocycles. The smallest absolute Gasteiger partial charge is 0.324 e. The molecule has 0 radical (unpaired) electrons. The molecule has 0 amide bonds. The highest BCUT2D eigenvalue weighted by atomic mass is 32.1. The van der Waals surface area contributed by atoms with Crippen LogP contribution in [0.1, 0.15) is 5.56 Å². The zero-order valence-electron chi connectivity index (χ0n) is 8.59. The first kappa shape index (κ1) is 11.5. The highest BCUT2D eigenvalue weighted by Crippen LogP contribution is 2.23. The number of anilines is 1. The number of thiophene rings is 1. The van der Waals surface area contributed by atoms with Gasteiger partial charge in [-0.15, -0.1) is 0 Å². The fourth-order valence-electron chi connectivity index (χ4n) is 1.26. The first-order valence-electron chi connectivity index (χ1n) is 4.71. The summed E-state index contributed by atoms with van der Waals surface area (Å²) >= 11 is 1.07. The average Bonchev–Trinajstić information content (AvgIpc) is 2.75. The quantitative estimate of drug-likeness (QED) is 0.672. The number of nitrogens with zero attached hydrogens (tertiary/aromatic N) is 2. The van der Waals surface area contributed by atoms with Gasteiger partial charge in [0.05, 0.1) is 23.0 Å². The Hall–Kier alpha value is -2.02. The van der Waals surface area contributed by atoms with Crippen molar-refractivity contribution in [2.75, 3.05) is 5.32 Å². The molecule has 0 spiro atoms. The van der Waals surface area contributed by atoms with Crippen molar-refractivity contribution >= 4 is 22.0 Å². The van der Waals surface area contributed by atoms with Crippen LogP contribution >= 0.6 is 11.3 Å². The molecular formula is C10H8FN3O2S. The van der Waals surface area contributed by atoms with E-state index in [1.54, 1.807) is 5.38 Å². The van der Waals surface area contributed by atoms with Gasteiger partial charge in [0.1, 0.15) is 5.82 Å². The van der Waals surface area contributed by atoms with Crippen molar-refractivity contribution in [3.63, 3.8) is 0 Å². The molecule has 0 bridgehead atoms. The van der Waals surface area contributed by atoms with E-state index in [0.29, 0.717) is 12.2 Å². The number of rotatable bonds is 4. The number of nitro groups is 1. The van der Waals surface area contributed by atoms with E-state index in [2.05, 4.69) is 10.3 Å². The molecule has 2 aromatic rings. The maximum absolute atomic E-state index is 12.8. The van der Waals surface area contributed by atoms with Gasteiger partial charge in [-0.2, -0.15) is 0 Å². The maximum atomic E-state index is 12.8. The molecule has 0 aliphatic rings. The van der Waals surface area contributed by atoms with Crippen LogP contribution in [-0.4, -0.2) is 9.91 Å². The van der Waals surface area contributed by atoms with Gasteiger partial charge in [0, 0.05) is 24.1 Å². The van der Waals surface area contributed by atoms with Crippen molar-refractivity contribution in [3.8, 4) is 0 Å². The van der Waals surface area contributed by atoms with Crippen LogP contribution in [0.15, 0.2) is 29.9 Å². The lowest BCUT2D eigenvalue weighted by molar-refractivity contribution is -0.380. The summed E-state index contributed by atoms with van der Waals surface area (Å²) < 4.78 is 12.8. The SMILES string of the molecule is O=[N+]([O-])c1cc(CNc2cncc(F)c2)cs1. The summed E-state index contributed by atoms with van der Waals surface area (Å²) in [4.78, 5) is 13.7. The van der Waals surface area contributed by atoms with E-state index in [1.807, 2.05) is 0 Å². The van der Waals surface area contributed by atoms with Gasteiger partial charge in [0.15, 0.2) is 0 Å². The summed E-state index contributed by atoms with van der Waals surface area (Å²) in [5, 5.41) is 15.2. The molecule has 2 aromatic heterocycles. The van der Waals surface area contributed by atoms with Gasteiger partial charge in [-0.3, -0.25) is 15.1 Å². The molecule has 0 atom stereocenters. The minimum atomic E-state index is -0.433. The van der Waals surface area contributed by atoms with Crippen LogP contribution in [0.25, 0.3) is 0 Å². The summed E-state index contributed by atoms with van der Waals surface area (Å²) in [6, 6.07) is 2.80. The molecule has 0 saturated heterocycles. The number of hydrogen-bond donors (Lipinski definition) is 1. The lowest BCUT2D eigenvalue weighted by Gasteiger charge is -2.03. The van der Waals surface area contributed by atoms with Gasteiger partial charge in [-0.25, -0.2) is 4.39 Å². The third-order valence-electron chi connectivity index (χ3n) is 2.02. The molecule has 0 saturated carbocycles. The Labute approximate surface area is 100 Å². The fraction of sp³-hybridized carbons (Fsp3) is 0.100. The second kappa shape index (κ2) is 4.88. The first-order valence-corrected chi connectivity index (χ1v) is 5.59. The van der Waals surface area contributed by atoms with Crippen LogP contribution in [0, 0.1) is 15.9 Å². The van der Waals surface area contributed by atoms with E-state index < -0.39 is 10.7 Å². The van der Waals surface area contributed by atoms with Crippen LogP contribution in [-0.2, 0) is 6.54 Å². The molecule has 5 nitrogen and oxygen atoms in total. The van der Waals surface area contributed by atoms with E-state index in [9.17, 15) is 14.5 Å². The molecule has 0 aliphatic carbocycles. The van der Waals surface area contributed by atoms with Crippen molar-refractivity contribution in [2.24, 2.45) is 0 Å². The van der Waals surface area contributed by atoms with Gasteiger partial charge in [-0.05, 0) is 5.56 Å². The third kappa shape index (κ3) is 2.97. The van der Waals surface area contributed by atoms with Crippen LogP contribution in [0.2, 0.25) is 0 Å². The molecular weight excluding hydrogens is 245 g/mol. The van der Waals surface area contributed by atoms with Crippen LogP contribution in [0.4, 0.5) is 15.1 Å². The standard InChI is InChI=1S/C10H8FN3O2S/c11-8-2-9(5-12-4-8)13-3-7-1-10(14(15)16)17-6-7/h1-2,4-6,13H,3H2. The summed E-state index contributed by atoms with van der Waals surface area (Å²) in [6.45, 7) is 0.398. The van der Waals surface area contributed by atoms with Crippen LogP contribution in [0.5, 0.6) is 0 Å². The Morgan fingerprint density at radius 3 is 2.94 bits per heavy atom. The second-order valence-corrected chi connectivity index (χ2v) is 4.19. The number of halogens is 1. The zero-order chi connectivity index (χ0) is 12.3. The Morgan fingerprint density at radius 2 is 2.29 bits per heavy atom. The van der Waals surface area contributed by atoms with E-state index >= 15 is 0 Å². The highest BCUT2D eigenvalue weighted by Gasteiger charge is 2.09. The zero-order valence-corrected chi connectivity index (χ0v) is 9.41. The Morgan fingerprint density at radius 1 is 1.47 bits per heavy atom. The van der Waals surface area contributed by atoms with Crippen LogP contribution < -0.4 is 5.32 Å². The van der Waals surface area contributed by atoms with Gasteiger partial charge >= 0.3 is 5.00 Å². The van der Waals surface area contributed by atoms with Crippen LogP contribution in [0.3, 0.4) is 0 Å². The minimum absolute atomic E-state index is 0.0965. The van der Waals surface area contributed by atoms with Crippen molar-refractivity contribution < 1.29 is 9.31 Å². The largest absolute Gasteiger partial charge is 0.380 e. The predicted octanol–water partition coefficient (Wildman–Crippen LogP) is 2.80. The van der Waals surface area contributed by atoms with Gasteiger partial charge in [-0.1, -0.05) is 11.3 Å². The fourth-order valence-corrected chi connectivity index (χ4v) is 1.99. The van der Waals surface area contributed by atoms with Crippen molar-refractivity contribution in [3.05, 3.63) is 51.4 Å². The van der Waals surface area contributed by atoms with E-state index in [-0.39, 0.29) is 5.00 Å². The number of nitrogens with one attached hydrogen (secondary N) is 1. The van der Waals surface area contributed by atoms with Crippen molar-refractivity contribution in [2.45, 2.75) is 6.54 Å². The monoisotopic (exact) mass is 253 g/mol. The summed E-state index contributed by atoms with van der Waals surface area (Å²) in [5.41, 5.74) is 1.32. The Balaban J connectivity index is 2.00. The van der Waals surface area contributed by atoms with Gasteiger partial charge < -0.3 is 5.32 Å². The summed E-state index contributed by atoms with van der Waals surface area (Å²) in [7, 11) is 0. The molecule has 0 fully saturated rings. The van der Waals surface area contributed by atoms with E-state index in [4.69, 9.17) is 0 Å². The molecule has 2 heterocycles. The normalized spacial score (nSPS) is 10.2.